The number of carbonyl (C=O) groups is 1. The standard InChI is InChI=1S/C18H28N2O4/c1-4-23-18(22)20-9-7-19(8-10-20)12-16(21)13-24-17-6-5-14(2)11-15(17)3/h5-6,11,16,21H,4,7-10,12-13H2,1-3H3/p+1/t16-/m1/s1. The smallest absolute Gasteiger partial charge is 0.410 e. The Kier molecular flexibility index (Phi) is 6.87. The Labute approximate surface area is 144 Å². The van der Waals surface area contributed by atoms with Crippen LogP contribution in [0.1, 0.15) is 18.1 Å². The molecule has 134 valence electrons. The van der Waals surface area contributed by atoms with E-state index in [1.54, 1.807) is 4.90 Å². The molecule has 6 nitrogen and oxygen atoms in total. The number of carbonyl (C=O) groups excluding carboxylic acids is 1. The number of nitrogens with zero attached hydrogens (tertiary/aromatic N) is 1. The summed E-state index contributed by atoms with van der Waals surface area (Å²) in [6.45, 7) is 10.2. The maximum Gasteiger partial charge on any atom is 0.410 e. The van der Waals surface area contributed by atoms with Gasteiger partial charge in [0.1, 0.15) is 25.0 Å². The number of rotatable bonds is 6. The van der Waals surface area contributed by atoms with Crippen LogP contribution in [0, 0.1) is 13.8 Å². The number of benzene rings is 1. The summed E-state index contributed by atoms with van der Waals surface area (Å²) >= 11 is 0. The zero-order valence-corrected chi connectivity index (χ0v) is 14.9. The Balaban J connectivity index is 1.71. The topological polar surface area (TPSA) is 63.4 Å². The van der Waals surface area contributed by atoms with Crippen LogP contribution in [0.25, 0.3) is 0 Å². The molecule has 2 rings (SSSR count). The van der Waals surface area contributed by atoms with Gasteiger partial charge in [0.2, 0.25) is 0 Å². The number of piperazine rings is 1. The average molecular weight is 337 g/mol. The second-order valence-corrected chi connectivity index (χ2v) is 6.37. The van der Waals surface area contributed by atoms with E-state index in [0.717, 1.165) is 24.4 Å². The van der Waals surface area contributed by atoms with Crippen LogP contribution in [-0.2, 0) is 4.74 Å². The molecule has 6 heteroatoms. The van der Waals surface area contributed by atoms with E-state index in [1.807, 2.05) is 32.9 Å². The summed E-state index contributed by atoms with van der Waals surface area (Å²) in [5.41, 5.74) is 2.28. The molecular weight excluding hydrogens is 308 g/mol. The Morgan fingerprint density at radius 3 is 2.67 bits per heavy atom. The van der Waals surface area contributed by atoms with Crippen molar-refractivity contribution in [1.29, 1.82) is 0 Å². The van der Waals surface area contributed by atoms with Crippen molar-refractivity contribution in [2.45, 2.75) is 26.9 Å². The van der Waals surface area contributed by atoms with Gasteiger partial charge in [-0.1, -0.05) is 17.7 Å². The molecule has 1 aromatic carbocycles. The largest absolute Gasteiger partial charge is 0.490 e. The third-order valence-corrected chi connectivity index (χ3v) is 4.28. The monoisotopic (exact) mass is 337 g/mol. The molecule has 1 atom stereocenters. The van der Waals surface area contributed by atoms with E-state index in [1.165, 1.54) is 10.5 Å². The second-order valence-electron chi connectivity index (χ2n) is 6.37. The van der Waals surface area contributed by atoms with Gasteiger partial charge >= 0.3 is 6.09 Å². The van der Waals surface area contributed by atoms with Crippen LogP contribution in [-0.4, -0.2) is 68.1 Å². The van der Waals surface area contributed by atoms with Gasteiger partial charge in [0.05, 0.1) is 32.8 Å². The Morgan fingerprint density at radius 1 is 1.33 bits per heavy atom. The third kappa shape index (κ3) is 5.39. The van der Waals surface area contributed by atoms with Crippen LogP contribution in [0.3, 0.4) is 0 Å². The number of amides is 1. The van der Waals surface area contributed by atoms with E-state index in [4.69, 9.17) is 9.47 Å². The van der Waals surface area contributed by atoms with Gasteiger partial charge in [-0.3, -0.25) is 4.90 Å². The first-order valence-electron chi connectivity index (χ1n) is 8.63. The molecule has 1 aromatic rings. The summed E-state index contributed by atoms with van der Waals surface area (Å²) in [6.07, 6.45) is -0.759. The number of hydrogen-bond acceptors (Lipinski definition) is 4. The van der Waals surface area contributed by atoms with E-state index in [0.29, 0.717) is 26.2 Å². The van der Waals surface area contributed by atoms with Gasteiger partial charge in [0, 0.05) is 0 Å². The molecule has 2 N–H and O–H groups in total. The first-order valence-corrected chi connectivity index (χ1v) is 8.63. The van der Waals surface area contributed by atoms with Gasteiger partial charge in [-0.25, -0.2) is 4.79 Å². The van der Waals surface area contributed by atoms with E-state index >= 15 is 0 Å². The zero-order chi connectivity index (χ0) is 17.5. The number of hydrogen-bond donors (Lipinski definition) is 2. The molecule has 0 aliphatic carbocycles. The summed E-state index contributed by atoms with van der Waals surface area (Å²) in [6, 6.07) is 6.03. The predicted molar refractivity (Wildman–Crippen MR) is 91.6 cm³/mol. The van der Waals surface area contributed by atoms with Crippen molar-refractivity contribution in [1.82, 2.24) is 4.90 Å². The molecular formula is C18H29N2O4+. The molecule has 0 radical (unpaired) electrons. The lowest BCUT2D eigenvalue weighted by molar-refractivity contribution is -0.907. The van der Waals surface area contributed by atoms with Gasteiger partial charge in [0.25, 0.3) is 0 Å². The van der Waals surface area contributed by atoms with Crippen LogP contribution < -0.4 is 9.64 Å². The molecule has 1 saturated heterocycles. The fourth-order valence-electron chi connectivity index (χ4n) is 2.96. The SMILES string of the molecule is CCOC(=O)N1CC[NH+](C[C@@H](O)COc2ccc(C)cc2C)CC1. The Bertz CT molecular complexity index is 542. The summed E-state index contributed by atoms with van der Waals surface area (Å²) in [7, 11) is 0. The van der Waals surface area contributed by atoms with Gasteiger partial charge in [-0.05, 0) is 32.4 Å². The van der Waals surface area contributed by atoms with E-state index in [2.05, 4.69) is 6.07 Å². The minimum Gasteiger partial charge on any atom is -0.490 e. The molecule has 0 spiro atoms. The fraction of sp³-hybridized carbons (Fsp3) is 0.611. The van der Waals surface area contributed by atoms with Crippen LogP contribution in [0.2, 0.25) is 0 Å². The van der Waals surface area contributed by atoms with Crippen LogP contribution >= 0.6 is 0 Å². The van der Waals surface area contributed by atoms with Crippen molar-refractivity contribution in [2.75, 3.05) is 45.9 Å². The first-order chi connectivity index (χ1) is 11.5. The van der Waals surface area contributed by atoms with Crippen molar-refractivity contribution in [3.8, 4) is 5.75 Å². The molecule has 0 aromatic heterocycles. The Morgan fingerprint density at radius 2 is 2.04 bits per heavy atom. The van der Waals surface area contributed by atoms with Crippen molar-refractivity contribution in [3.63, 3.8) is 0 Å². The number of ether oxygens (including phenoxy) is 2. The van der Waals surface area contributed by atoms with Crippen LogP contribution in [0.4, 0.5) is 4.79 Å². The molecule has 0 unspecified atom stereocenters. The molecule has 0 bridgehead atoms. The average Bonchev–Trinajstić information content (AvgIpc) is 2.55. The lowest BCUT2D eigenvalue weighted by atomic mass is 10.1. The van der Waals surface area contributed by atoms with E-state index in [-0.39, 0.29) is 12.7 Å². The van der Waals surface area contributed by atoms with E-state index < -0.39 is 6.10 Å². The number of aliphatic hydroxyl groups is 1. The maximum absolute atomic E-state index is 11.7. The zero-order valence-electron chi connectivity index (χ0n) is 14.9. The molecule has 1 amide bonds. The molecule has 0 saturated carbocycles. The highest BCUT2D eigenvalue weighted by Crippen LogP contribution is 2.18. The number of aryl methyl sites for hydroxylation is 2. The molecule has 1 heterocycles. The maximum atomic E-state index is 11.7. The highest BCUT2D eigenvalue weighted by atomic mass is 16.6. The quantitative estimate of drug-likeness (QED) is 0.789. The van der Waals surface area contributed by atoms with Crippen molar-refractivity contribution >= 4 is 6.09 Å². The minimum atomic E-state index is -0.519. The lowest BCUT2D eigenvalue weighted by Crippen LogP contribution is -3.16. The molecule has 24 heavy (non-hydrogen) atoms. The van der Waals surface area contributed by atoms with Gasteiger partial charge in [0.15, 0.2) is 0 Å². The van der Waals surface area contributed by atoms with Gasteiger partial charge < -0.3 is 19.5 Å². The first kappa shape index (κ1) is 18.5. The highest BCUT2D eigenvalue weighted by Gasteiger charge is 2.26. The number of nitrogens with one attached hydrogen (secondary N) is 1. The van der Waals surface area contributed by atoms with Crippen LogP contribution in [0.15, 0.2) is 18.2 Å². The molecule has 1 aliphatic heterocycles. The van der Waals surface area contributed by atoms with Crippen LogP contribution in [0.5, 0.6) is 5.75 Å². The number of quaternary nitrogens is 1. The molecule has 1 fully saturated rings. The van der Waals surface area contributed by atoms with Gasteiger partial charge in [-0.15, -0.1) is 0 Å². The van der Waals surface area contributed by atoms with E-state index in [9.17, 15) is 9.90 Å². The van der Waals surface area contributed by atoms with Crippen molar-refractivity contribution in [3.05, 3.63) is 29.3 Å². The second kappa shape index (κ2) is 8.89. The number of aliphatic hydroxyl groups excluding tert-OH is 1. The third-order valence-electron chi connectivity index (χ3n) is 4.28. The Hall–Kier alpha value is -1.79. The van der Waals surface area contributed by atoms with Crippen molar-refractivity contribution < 1.29 is 24.3 Å². The summed E-state index contributed by atoms with van der Waals surface area (Å²) in [4.78, 5) is 14.7. The highest BCUT2D eigenvalue weighted by molar-refractivity contribution is 5.67. The fourth-order valence-corrected chi connectivity index (χ4v) is 2.96. The summed E-state index contributed by atoms with van der Waals surface area (Å²) < 4.78 is 10.8. The lowest BCUT2D eigenvalue weighted by Gasteiger charge is -2.32. The normalized spacial score (nSPS) is 16.8. The van der Waals surface area contributed by atoms with Crippen molar-refractivity contribution in [2.24, 2.45) is 0 Å². The molecule has 1 aliphatic rings. The van der Waals surface area contributed by atoms with Gasteiger partial charge in [-0.2, -0.15) is 0 Å². The summed E-state index contributed by atoms with van der Waals surface area (Å²) in [5.74, 6) is 0.821. The summed E-state index contributed by atoms with van der Waals surface area (Å²) in [5, 5.41) is 10.2. The minimum absolute atomic E-state index is 0.240. The predicted octanol–water partition coefficient (Wildman–Crippen LogP) is 0.400.